The summed E-state index contributed by atoms with van der Waals surface area (Å²) in [6, 6.07) is 9.88. The third-order valence-electron chi connectivity index (χ3n) is 4.95. The second-order valence-corrected chi connectivity index (χ2v) is 7.10. The van der Waals surface area contributed by atoms with Crippen LogP contribution in [0.4, 0.5) is 0 Å². The Kier molecular flexibility index (Phi) is 6.27. The zero-order valence-electron chi connectivity index (χ0n) is 16.2. The molecule has 0 spiro atoms. The van der Waals surface area contributed by atoms with E-state index < -0.39 is 0 Å². The lowest BCUT2D eigenvalue weighted by Gasteiger charge is -2.20. The van der Waals surface area contributed by atoms with Crippen LogP contribution in [0.1, 0.15) is 65.0 Å². The molecule has 6 heteroatoms. The van der Waals surface area contributed by atoms with Crippen molar-refractivity contribution in [2.45, 2.75) is 52.1 Å². The van der Waals surface area contributed by atoms with Crippen molar-refractivity contribution in [3.8, 4) is 0 Å². The van der Waals surface area contributed by atoms with E-state index in [2.05, 4.69) is 17.2 Å². The third kappa shape index (κ3) is 4.38. The number of hydrogen-bond donors (Lipinski definition) is 1. The van der Waals surface area contributed by atoms with Crippen LogP contribution < -0.4 is 5.32 Å². The van der Waals surface area contributed by atoms with E-state index in [1.54, 1.807) is 11.9 Å². The number of unbranched alkanes of at least 4 members (excludes halogenated alkanes) is 1. The Hall–Kier alpha value is -2.63. The lowest BCUT2D eigenvalue weighted by molar-refractivity contribution is 0.0766. The van der Waals surface area contributed by atoms with Crippen molar-refractivity contribution in [3.05, 3.63) is 53.1 Å². The summed E-state index contributed by atoms with van der Waals surface area (Å²) in [6.07, 6.45) is 4.78. The number of nitrogens with zero attached hydrogens (tertiary/aromatic N) is 3. The van der Waals surface area contributed by atoms with Gasteiger partial charge in [-0.2, -0.15) is 0 Å². The fourth-order valence-electron chi connectivity index (χ4n) is 3.45. The topological polar surface area (TPSA) is 67.2 Å². The van der Waals surface area contributed by atoms with E-state index in [4.69, 9.17) is 0 Å². The maximum absolute atomic E-state index is 13.0. The second-order valence-electron chi connectivity index (χ2n) is 7.10. The zero-order valence-corrected chi connectivity index (χ0v) is 16.2. The highest BCUT2D eigenvalue weighted by molar-refractivity contribution is 5.97. The maximum Gasteiger partial charge on any atom is 0.289 e. The zero-order chi connectivity index (χ0) is 19.2. The molecule has 2 heterocycles. The van der Waals surface area contributed by atoms with Gasteiger partial charge in [0.15, 0.2) is 5.82 Å². The normalized spacial score (nSPS) is 13.1. The van der Waals surface area contributed by atoms with Crippen molar-refractivity contribution in [1.29, 1.82) is 0 Å². The first-order valence-electron chi connectivity index (χ1n) is 9.78. The van der Waals surface area contributed by atoms with Gasteiger partial charge >= 0.3 is 0 Å². The average molecular weight is 368 g/mol. The minimum Gasteiger partial charge on any atom is -0.351 e. The Labute approximate surface area is 160 Å². The Morgan fingerprint density at radius 1 is 1.22 bits per heavy atom. The number of rotatable bonds is 7. The number of hydrogen-bond acceptors (Lipinski definition) is 3. The molecule has 27 heavy (non-hydrogen) atoms. The molecule has 0 atom stereocenters. The first-order valence-corrected chi connectivity index (χ1v) is 9.78. The highest BCUT2D eigenvalue weighted by Gasteiger charge is 2.28. The van der Waals surface area contributed by atoms with E-state index in [0.29, 0.717) is 24.6 Å². The molecular weight excluding hydrogens is 340 g/mol. The van der Waals surface area contributed by atoms with Crippen LogP contribution in [0.5, 0.6) is 0 Å². The molecule has 3 rings (SSSR count). The number of carbonyl (C=O) groups excluding carboxylic acids is 2. The number of benzene rings is 1. The fraction of sp³-hybridized carbons (Fsp3) is 0.476. The molecule has 2 amide bonds. The summed E-state index contributed by atoms with van der Waals surface area (Å²) in [7, 11) is 1.78. The van der Waals surface area contributed by atoms with E-state index in [9.17, 15) is 9.59 Å². The van der Waals surface area contributed by atoms with E-state index >= 15 is 0 Å². The van der Waals surface area contributed by atoms with Gasteiger partial charge in [-0.3, -0.25) is 9.59 Å². The summed E-state index contributed by atoms with van der Waals surface area (Å²) in [6.45, 7) is 3.98. The van der Waals surface area contributed by atoms with Gasteiger partial charge in [0.2, 0.25) is 0 Å². The summed E-state index contributed by atoms with van der Waals surface area (Å²) in [5.74, 6) is 0.0669. The molecule has 0 unspecified atom stereocenters. The summed E-state index contributed by atoms with van der Waals surface area (Å²) in [5, 5.41) is 2.93. The molecule has 1 N–H and O–H groups in total. The minimum absolute atomic E-state index is 0.144. The highest BCUT2D eigenvalue weighted by atomic mass is 16.2. The van der Waals surface area contributed by atoms with Gasteiger partial charge in [-0.25, -0.2) is 4.98 Å². The number of amides is 2. The van der Waals surface area contributed by atoms with Crippen molar-refractivity contribution >= 4 is 11.8 Å². The molecule has 0 bridgehead atoms. The molecule has 1 aliphatic heterocycles. The molecule has 0 saturated carbocycles. The van der Waals surface area contributed by atoms with E-state index in [1.165, 1.54) is 0 Å². The SMILES string of the molecule is CCCCNC(=O)c1nc(C(=O)N(C)Cc2ccccc2)n2c1CCCC2. The quantitative estimate of drug-likeness (QED) is 0.764. The maximum atomic E-state index is 13.0. The molecule has 2 aromatic rings. The highest BCUT2D eigenvalue weighted by Crippen LogP contribution is 2.22. The smallest absolute Gasteiger partial charge is 0.289 e. The third-order valence-corrected chi connectivity index (χ3v) is 4.95. The van der Waals surface area contributed by atoms with Gasteiger partial charge in [-0.1, -0.05) is 43.7 Å². The number of carbonyl (C=O) groups is 2. The average Bonchev–Trinajstić information content (AvgIpc) is 3.08. The number of imidazole rings is 1. The van der Waals surface area contributed by atoms with Crippen LogP contribution in [-0.2, 0) is 19.5 Å². The van der Waals surface area contributed by atoms with E-state index in [0.717, 1.165) is 49.9 Å². The predicted molar refractivity (Wildman–Crippen MR) is 105 cm³/mol. The summed E-state index contributed by atoms with van der Waals surface area (Å²) >= 11 is 0. The Balaban J connectivity index is 1.82. The van der Waals surface area contributed by atoms with Gasteiger partial charge in [-0.05, 0) is 31.2 Å². The number of nitrogens with one attached hydrogen (secondary N) is 1. The Bertz CT molecular complexity index is 798. The predicted octanol–water partition coefficient (Wildman–Crippen LogP) is 3.02. The van der Waals surface area contributed by atoms with Crippen molar-refractivity contribution < 1.29 is 9.59 Å². The number of fused-ring (bicyclic) bond motifs is 1. The number of aromatic nitrogens is 2. The van der Waals surface area contributed by atoms with Crippen LogP contribution in [0.2, 0.25) is 0 Å². The molecule has 6 nitrogen and oxygen atoms in total. The van der Waals surface area contributed by atoms with Crippen LogP contribution in [-0.4, -0.2) is 39.9 Å². The van der Waals surface area contributed by atoms with Gasteiger partial charge in [0.05, 0.1) is 5.69 Å². The standard InChI is InChI=1S/C21H28N4O2/c1-3-4-13-22-20(26)18-17-12-8-9-14-25(17)19(23-18)21(27)24(2)15-16-10-6-5-7-11-16/h5-7,10-11H,3-4,8-9,12-15H2,1-2H3,(H,22,26). The first kappa shape index (κ1) is 19.1. The molecule has 144 valence electrons. The summed E-state index contributed by atoms with van der Waals surface area (Å²) in [5.41, 5.74) is 2.38. The van der Waals surface area contributed by atoms with Crippen molar-refractivity contribution in [1.82, 2.24) is 19.8 Å². The van der Waals surface area contributed by atoms with Gasteiger partial charge in [0.1, 0.15) is 5.69 Å². The Morgan fingerprint density at radius 3 is 2.74 bits per heavy atom. The molecule has 1 aromatic carbocycles. The van der Waals surface area contributed by atoms with Gasteiger partial charge < -0.3 is 14.8 Å². The van der Waals surface area contributed by atoms with Crippen LogP contribution in [0, 0.1) is 0 Å². The van der Waals surface area contributed by atoms with Crippen LogP contribution in [0.15, 0.2) is 30.3 Å². The van der Waals surface area contributed by atoms with E-state index in [-0.39, 0.29) is 11.8 Å². The summed E-state index contributed by atoms with van der Waals surface area (Å²) < 4.78 is 1.95. The second kappa shape index (κ2) is 8.84. The minimum atomic E-state index is -0.168. The molecular formula is C21H28N4O2. The summed E-state index contributed by atoms with van der Waals surface area (Å²) in [4.78, 5) is 31.8. The lowest BCUT2D eigenvalue weighted by atomic mass is 10.1. The van der Waals surface area contributed by atoms with Crippen molar-refractivity contribution in [2.75, 3.05) is 13.6 Å². The van der Waals surface area contributed by atoms with Gasteiger partial charge in [0.25, 0.3) is 11.8 Å². The molecule has 0 saturated heterocycles. The van der Waals surface area contributed by atoms with Crippen LogP contribution in [0.3, 0.4) is 0 Å². The van der Waals surface area contributed by atoms with Crippen molar-refractivity contribution in [3.63, 3.8) is 0 Å². The molecule has 1 aromatic heterocycles. The van der Waals surface area contributed by atoms with Crippen LogP contribution >= 0.6 is 0 Å². The fourth-order valence-corrected chi connectivity index (χ4v) is 3.45. The Morgan fingerprint density at radius 2 is 2.00 bits per heavy atom. The van der Waals surface area contributed by atoms with E-state index in [1.807, 2.05) is 34.9 Å². The lowest BCUT2D eigenvalue weighted by Crippen LogP contribution is -2.30. The molecule has 1 aliphatic rings. The first-order chi connectivity index (χ1) is 13.1. The van der Waals surface area contributed by atoms with Crippen LogP contribution in [0.25, 0.3) is 0 Å². The largest absolute Gasteiger partial charge is 0.351 e. The van der Waals surface area contributed by atoms with Gasteiger partial charge in [0, 0.05) is 26.7 Å². The molecule has 0 radical (unpaired) electrons. The molecule has 0 aliphatic carbocycles. The monoisotopic (exact) mass is 368 g/mol. The molecule has 0 fully saturated rings. The van der Waals surface area contributed by atoms with Gasteiger partial charge in [-0.15, -0.1) is 0 Å². The van der Waals surface area contributed by atoms with Crippen molar-refractivity contribution in [2.24, 2.45) is 0 Å².